The van der Waals surface area contributed by atoms with E-state index in [1.54, 1.807) is 0 Å². The highest BCUT2D eigenvalue weighted by Crippen LogP contribution is 2.30. The number of amides is 1. The third-order valence-electron chi connectivity index (χ3n) is 4.24. The van der Waals surface area contributed by atoms with Gasteiger partial charge >= 0.3 is 0 Å². The van der Waals surface area contributed by atoms with E-state index in [0.717, 1.165) is 38.2 Å². The number of rotatable bonds is 5. The third kappa shape index (κ3) is 4.10. The minimum Gasteiger partial charge on any atom is -0.381 e. The van der Waals surface area contributed by atoms with Crippen LogP contribution in [0.3, 0.4) is 0 Å². The van der Waals surface area contributed by atoms with E-state index in [-0.39, 0.29) is 17.9 Å². The summed E-state index contributed by atoms with van der Waals surface area (Å²) >= 11 is 1.96. The molecule has 1 saturated carbocycles. The van der Waals surface area contributed by atoms with Crippen LogP contribution in [-0.4, -0.2) is 42.2 Å². The van der Waals surface area contributed by atoms with Crippen molar-refractivity contribution in [3.8, 4) is 0 Å². The van der Waals surface area contributed by atoms with Crippen molar-refractivity contribution in [1.29, 1.82) is 0 Å². The Bertz CT molecular complexity index is 295. The molecule has 3 unspecified atom stereocenters. The molecule has 0 radical (unpaired) electrons. The first kappa shape index (κ1) is 15.1. The summed E-state index contributed by atoms with van der Waals surface area (Å²) in [5.74, 6) is 1.44. The Hall–Kier alpha value is -0.260. The lowest BCUT2D eigenvalue weighted by Gasteiger charge is -2.29. The van der Waals surface area contributed by atoms with Crippen LogP contribution in [0.2, 0.25) is 0 Å². The number of carbonyl (C=O) groups excluding carboxylic acids is 1. The fraction of sp³-hybridized carbons (Fsp3) is 0.929. The van der Waals surface area contributed by atoms with Gasteiger partial charge in [0.05, 0.1) is 6.04 Å². The summed E-state index contributed by atoms with van der Waals surface area (Å²) in [6.45, 7) is 3.66. The molecule has 2 fully saturated rings. The quantitative estimate of drug-likeness (QED) is 0.804. The molecule has 1 heterocycles. The number of hydrogen-bond donors (Lipinski definition) is 2. The molecule has 0 aromatic heterocycles. The van der Waals surface area contributed by atoms with Gasteiger partial charge in [-0.05, 0) is 37.4 Å². The predicted octanol–water partition coefficient (Wildman–Crippen LogP) is 1.53. The molecular weight excluding hydrogens is 260 g/mol. The molecule has 19 heavy (non-hydrogen) atoms. The summed E-state index contributed by atoms with van der Waals surface area (Å²) in [5, 5.41) is 3.76. The molecule has 1 aliphatic carbocycles. The number of hydrogen-bond acceptors (Lipinski definition) is 4. The van der Waals surface area contributed by atoms with E-state index in [2.05, 4.69) is 12.2 Å². The van der Waals surface area contributed by atoms with Crippen molar-refractivity contribution in [3.05, 3.63) is 0 Å². The van der Waals surface area contributed by atoms with Crippen LogP contribution in [0, 0.1) is 5.92 Å². The second kappa shape index (κ2) is 7.50. The minimum atomic E-state index is -0.364. The van der Waals surface area contributed by atoms with Crippen LogP contribution >= 0.6 is 11.8 Å². The zero-order valence-electron chi connectivity index (χ0n) is 11.8. The minimum absolute atomic E-state index is 0.0421. The highest BCUT2D eigenvalue weighted by molar-refractivity contribution is 7.99. The van der Waals surface area contributed by atoms with Gasteiger partial charge in [-0.2, -0.15) is 11.8 Å². The van der Waals surface area contributed by atoms with Crippen LogP contribution in [0.4, 0.5) is 0 Å². The third-order valence-corrected chi connectivity index (χ3v) is 5.56. The standard InChI is InChI=1S/C14H26N2O2S/c1-2-19-12-5-3-4-11(12)16-14(17)13(15)10-6-8-18-9-7-10/h10-13H,2-9,15H2,1H3,(H,16,17). The maximum atomic E-state index is 12.3. The molecular formula is C14H26N2O2S. The highest BCUT2D eigenvalue weighted by atomic mass is 32.2. The first-order chi connectivity index (χ1) is 9.22. The van der Waals surface area contributed by atoms with Gasteiger partial charge < -0.3 is 15.8 Å². The number of nitrogens with two attached hydrogens (primary N) is 1. The highest BCUT2D eigenvalue weighted by Gasteiger charge is 2.32. The lowest BCUT2D eigenvalue weighted by Crippen LogP contribution is -2.51. The van der Waals surface area contributed by atoms with Gasteiger partial charge in [0, 0.05) is 24.5 Å². The second-order valence-electron chi connectivity index (χ2n) is 5.52. The SMILES string of the molecule is CCSC1CCCC1NC(=O)C(N)C1CCOCC1. The van der Waals surface area contributed by atoms with E-state index >= 15 is 0 Å². The number of ether oxygens (including phenoxy) is 1. The normalized spacial score (nSPS) is 30.2. The first-order valence-electron chi connectivity index (χ1n) is 7.47. The van der Waals surface area contributed by atoms with Gasteiger partial charge in [0.15, 0.2) is 0 Å². The second-order valence-corrected chi connectivity index (χ2v) is 7.03. The van der Waals surface area contributed by atoms with E-state index in [0.29, 0.717) is 11.3 Å². The molecule has 0 spiro atoms. The van der Waals surface area contributed by atoms with Crippen molar-refractivity contribution in [3.63, 3.8) is 0 Å². The van der Waals surface area contributed by atoms with Crippen molar-refractivity contribution in [2.24, 2.45) is 11.7 Å². The summed E-state index contributed by atoms with van der Waals surface area (Å²) < 4.78 is 5.32. The van der Waals surface area contributed by atoms with Crippen LogP contribution in [0.1, 0.15) is 39.0 Å². The maximum Gasteiger partial charge on any atom is 0.237 e. The first-order valence-corrected chi connectivity index (χ1v) is 8.52. The fourth-order valence-corrected chi connectivity index (χ4v) is 4.27. The van der Waals surface area contributed by atoms with Crippen molar-refractivity contribution in [2.75, 3.05) is 19.0 Å². The monoisotopic (exact) mass is 286 g/mol. The topological polar surface area (TPSA) is 64.4 Å². The molecule has 3 atom stereocenters. The average Bonchev–Trinajstić information content (AvgIpc) is 2.86. The van der Waals surface area contributed by atoms with E-state index in [9.17, 15) is 4.79 Å². The van der Waals surface area contributed by atoms with Gasteiger partial charge in [0.2, 0.25) is 5.91 Å². The van der Waals surface area contributed by atoms with E-state index in [1.165, 1.54) is 12.8 Å². The maximum absolute atomic E-state index is 12.3. The summed E-state index contributed by atoms with van der Waals surface area (Å²) in [6, 6.07) is -0.0416. The van der Waals surface area contributed by atoms with Crippen LogP contribution in [0.5, 0.6) is 0 Å². The molecule has 1 saturated heterocycles. The predicted molar refractivity (Wildman–Crippen MR) is 79.2 cm³/mol. The summed E-state index contributed by atoms with van der Waals surface area (Å²) in [4.78, 5) is 12.3. The zero-order chi connectivity index (χ0) is 13.7. The summed E-state index contributed by atoms with van der Waals surface area (Å²) in [5.41, 5.74) is 6.12. The largest absolute Gasteiger partial charge is 0.381 e. The Morgan fingerprint density at radius 2 is 2.11 bits per heavy atom. The molecule has 0 aromatic rings. The number of nitrogens with one attached hydrogen (secondary N) is 1. The molecule has 0 bridgehead atoms. The number of carbonyl (C=O) groups is 1. The smallest absolute Gasteiger partial charge is 0.237 e. The van der Waals surface area contributed by atoms with Gasteiger partial charge in [-0.25, -0.2) is 0 Å². The molecule has 1 amide bonds. The lowest BCUT2D eigenvalue weighted by molar-refractivity contribution is -0.125. The Kier molecular flexibility index (Phi) is 5.98. The molecule has 4 nitrogen and oxygen atoms in total. The van der Waals surface area contributed by atoms with E-state index in [1.807, 2.05) is 11.8 Å². The molecule has 2 aliphatic rings. The molecule has 110 valence electrons. The van der Waals surface area contributed by atoms with Crippen LogP contribution in [0.25, 0.3) is 0 Å². The summed E-state index contributed by atoms with van der Waals surface area (Å²) in [6.07, 6.45) is 5.35. The fourth-order valence-electron chi connectivity index (χ4n) is 3.07. The van der Waals surface area contributed by atoms with Crippen molar-refractivity contribution in [2.45, 2.75) is 56.4 Å². The lowest BCUT2D eigenvalue weighted by atomic mass is 9.91. The Labute approximate surface area is 120 Å². The summed E-state index contributed by atoms with van der Waals surface area (Å²) in [7, 11) is 0. The zero-order valence-corrected chi connectivity index (χ0v) is 12.6. The van der Waals surface area contributed by atoms with Crippen molar-refractivity contribution in [1.82, 2.24) is 5.32 Å². The molecule has 2 rings (SSSR count). The van der Waals surface area contributed by atoms with Gasteiger partial charge in [-0.3, -0.25) is 4.79 Å². The van der Waals surface area contributed by atoms with E-state index in [4.69, 9.17) is 10.5 Å². The van der Waals surface area contributed by atoms with E-state index < -0.39 is 0 Å². The van der Waals surface area contributed by atoms with Crippen LogP contribution < -0.4 is 11.1 Å². The van der Waals surface area contributed by atoms with Gasteiger partial charge in [0.25, 0.3) is 0 Å². The number of thioether (sulfide) groups is 1. The average molecular weight is 286 g/mol. The van der Waals surface area contributed by atoms with Crippen LogP contribution in [-0.2, 0) is 9.53 Å². The Morgan fingerprint density at radius 1 is 1.37 bits per heavy atom. The van der Waals surface area contributed by atoms with Gasteiger partial charge in [-0.15, -0.1) is 0 Å². The van der Waals surface area contributed by atoms with Crippen LogP contribution in [0.15, 0.2) is 0 Å². The van der Waals surface area contributed by atoms with Crippen molar-refractivity contribution < 1.29 is 9.53 Å². The van der Waals surface area contributed by atoms with Crippen molar-refractivity contribution >= 4 is 17.7 Å². The van der Waals surface area contributed by atoms with Gasteiger partial charge in [-0.1, -0.05) is 13.3 Å². The van der Waals surface area contributed by atoms with Gasteiger partial charge in [0.1, 0.15) is 0 Å². The molecule has 0 aromatic carbocycles. The Balaban J connectivity index is 1.82. The molecule has 3 N–H and O–H groups in total. The molecule has 1 aliphatic heterocycles. The molecule has 5 heteroatoms. The Morgan fingerprint density at radius 3 is 2.79 bits per heavy atom.